The van der Waals surface area contributed by atoms with Crippen molar-refractivity contribution in [3.8, 4) is 0 Å². The summed E-state index contributed by atoms with van der Waals surface area (Å²) < 4.78 is 4.98. The molecule has 0 bridgehead atoms. The molecule has 0 aromatic heterocycles. The molecule has 4 nitrogen and oxygen atoms in total. The van der Waals surface area contributed by atoms with Crippen LogP contribution in [0.2, 0.25) is 0 Å². The Morgan fingerprint density at radius 1 is 1.30 bits per heavy atom. The lowest BCUT2D eigenvalue weighted by Crippen LogP contribution is -2.46. The molecule has 2 aliphatic rings. The molecule has 2 unspecified atom stereocenters. The first-order chi connectivity index (χ1) is 9.78. The number of ether oxygens (including phenoxy) is 1. The monoisotopic (exact) mass is 282 g/mol. The summed E-state index contributed by atoms with van der Waals surface area (Å²) >= 11 is 0. The number of allylic oxidation sites excluding steroid dienone is 2. The number of rotatable bonds is 7. The minimum absolute atomic E-state index is 0.349. The summed E-state index contributed by atoms with van der Waals surface area (Å²) in [6.45, 7) is 4.52. The molecule has 1 aliphatic carbocycles. The smallest absolute Gasteiger partial charge is 0.0900 e. The van der Waals surface area contributed by atoms with Gasteiger partial charge < -0.3 is 20.1 Å². The lowest BCUT2D eigenvalue weighted by molar-refractivity contribution is 0.0310. The normalized spacial score (nSPS) is 26.8. The summed E-state index contributed by atoms with van der Waals surface area (Å²) in [7, 11) is 1.64. The summed E-state index contributed by atoms with van der Waals surface area (Å²) in [6, 6.07) is 0.664. The first-order valence-corrected chi connectivity index (χ1v) is 8.05. The van der Waals surface area contributed by atoms with Gasteiger partial charge in [-0.25, -0.2) is 0 Å². The predicted molar refractivity (Wildman–Crippen MR) is 81.8 cm³/mol. The summed E-state index contributed by atoms with van der Waals surface area (Å²) in [6.07, 6.45) is 10.5. The highest BCUT2D eigenvalue weighted by Crippen LogP contribution is 2.18. The Balaban J connectivity index is 1.58. The third-order valence-electron chi connectivity index (χ3n) is 4.49. The Morgan fingerprint density at radius 3 is 2.75 bits per heavy atom. The molecule has 1 aliphatic heterocycles. The Hall–Kier alpha value is -0.420. The van der Waals surface area contributed by atoms with E-state index in [0.717, 1.165) is 25.6 Å². The van der Waals surface area contributed by atoms with Gasteiger partial charge in [-0.15, -0.1) is 0 Å². The molecule has 116 valence electrons. The van der Waals surface area contributed by atoms with Gasteiger partial charge in [0.05, 0.1) is 12.7 Å². The molecule has 1 heterocycles. The van der Waals surface area contributed by atoms with Gasteiger partial charge in [-0.3, -0.25) is 0 Å². The van der Waals surface area contributed by atoms with Gasteiger partial charge in [-0.05, 0) is 57.7 Å². The van der Waals surface area contributed by atoms with Crippen molar-refractivity contribution in [3.05, 3.63) is 12.2 Å². The Morgan fingerprint density at radius 2 is 2.10 bits per heavy atom. The molecule has 2 N–H and O–H groups in total. The van der Waals surface area contributed by atoms with E-state index >= 15 is 0 Å². The molecule has 1 fully saturated rings. The van der Waals surface area contributed by atoms with Gasteiger partial charge in [-0.2, -0.15) is 0 Å². The van der Waals surface area contributed by atoms with E-state index in [-0.39, 0.29) is 6.10 Å². The average Bonchev–Trinajstić information content (AvgIpc) is 2.48. The van der Waals surface area contributed by atoms with Crippen molar-refractivity contribution in [2.45, 2.75) is 44.2 Å². The van der Waals surface area contributed by atoms with E-state index < -0.39 is 0 Å². The van der Waals surface area contributed by atoms with E-state index in [2.05, 4.69) is 22.4 Å². The van der Waals surface area contributed by atoms with Crippen LogP contribution in [-0.2, 0) is 4.74 Å². The van der Waals surface area contributed by atoms with E-state index in [1.54, 1.807) is 7.11 Å². The van der Waals surface area contributed by atoms with Crippen LogP contribution in [-0.4, -0.2) is 62.0 Å². The molecule has 20 heavy (non-hydrogen) atoms. The molecule has 0 radical (unpaired) electrons. The number of hydrogen-bond acceptors (Lipinski definition) is 4. The maximum Gasteiger partial charge on any atom is 0.0900 e. The number of nitrogens with one attached hydrogen (secondary N) is 1. The van der Waals surface area contributed by atoms with Crippen molar-refractivity contribution in [3.63, 3.8) is 0 Å². The van der Waals surface area contributed by atoms with Crippen LogP contribution < -0.4 is 5.32 Å². The molecule has 0 saturated carbocycles. The average molecular weight is 282 g/mol. The number of piperidine rings is 1. The first-order valence-electron chi connectivity index (χ1n) is 8.05. The van der Waals surface area contributed by atoms with Crippen molar-refractivity contribution in [1.29, 1.82) is 0 Å². The summed E-state index contributed by atoms with van der Waals surface area (Å²) in [5, 5.41) is 13.5. The number of β-amino-alcohol motifs (C(OH)–C–C–N with tert-alkyl or cyclic N) is 1. The van der Waals surface area contributed by atoms with Gasteiger partial charge in [0.2, 0.25) is 0 Å². The number of nitrogens with zero attached hydrogens (tertiary/aromatic N) is 1. The van der Waals surface area contributed by atoms with Crippen LogP contribution in [0.4, 0.5) is 0 Å². The van der Waals surface area contributed by atoms with Crippen LogP contribution in [0.15, 0.2) is 12.2 Å². The zero-order valence-corrected chi connectivity index (χ0v) is 12.8. The first kappa shape index (κ1) is 16.0. The van der Waals surface area contributed by atoms with Crippen LogP contribution in [0.5, 0.6) is 0 Å². The molecular weight excluding hydrogens is 252 g/mol. The van der Waals surface area contributed by atoms with Crippen LogP contribution in [0.3, 0.4) is 0 Å². The molecule has 1 saturated heterocycles. The predicted octanol–water partition coefficient (Wildman–Crippen LogP) is 1.40. The Kier molecular flexibility index (Phi) is 7.00. The third kappa shape index (κ3) is 5.52. The van der Waals surface area contributed by atoms with Gasteiger partial charge in [0.15, 0.2) is 0 Å². The topological polar surface area (TPSA) is 44.7 Å². The maximum atomic E-state index is 9.75. The van der Waals surface area contributed by atoms with Crippen LogP contribution in [0.25, 0.3) is 0 Å². The van der Waals surface area contributed by atoms with E-state index in [1.807, 2.05) is 0 Å². The van der Waals surface area contributed by atoms with Crippen molar-refractivity contribution in [1.82, 2.24) is 10.2 Å². The van der Waals surface area contributed by atoms with Crippen molar-refractivity contribution < 1.29 is 9.84 Å². The van der Waals surface area contributed by atoms with Crippen molar-refractivity contribution in [2.75, 3.05) is 39.9 Å². The number of aliphatic hydroxyl groups is 1. The quantitative estimate of drug-likeness (QED) is 0.693. The molecular formula is C16H30N2O2. The highest BCUT2D eigenvalue weighted by molar-refractivity contribution is 4.91. The van der Waals surface area contributed by atoms with Gasteiger partial charge in [0.25, 0.3) is 0 Å². The fourth-order valence-electron chi connectivity index (χ4n) is 3.24. The van der Waals surface area contributed by atoms with Gasteiger partial charge in [-0.1, -0.05) is 12.2 Å². The Labute approximate surface area is 123 Å². The molecule has 0 spiro atoms. The standard InChI is InChI=1S/C16H30N2O2/c1-20-13-16(19)12-18-9-7-15(8-10-18)17-11-14-5-3-2-4-6-14/h2-3,14-17,19H,4-13H2,1H3. The Bertz CT molecular complexity index is 288. The minimum Gasteiger partial charge on any atom is -0.389 e. The van der Waals surface area contributed by atoms with E-state index in [4.69, 9.17) is 4.74 Å². The number of aliphatic hydroxyl groups excluding tert-OH is 1. The molecule has 0 amide bonds. The second-order valence-electron chi connectivity index (χ2n) is 6.24. The number of hydrogen-bond donors (Lipinski definition) is 2. The minimum atomic E-state index is -0.349. The van der Waals surface area contributed by atoms with Gasteiger partial charge in [0.1, 0.15) is 0 Å². The lowest BCUT2D eigenvalue weighted by atomic mass is 9.93. The molecule has 2 rings (SSSR count). The van der Waals surface area contributed by atoms with Crippen molar-refractivity contribution >= 4 is 0 Å². The van der Waals surface area contributed by atoms with Crippen LogP contribution in [0, 0.1) is 5.92 Å². The second-order valence-corrected chi connectivity index (χ2v) is 6.24. The van der Waals surface area contributed by atoms with Crippen LogP contribution >= 0.6 is 0 Å². The number of likely N-dealkylation sites (tertiary alicyclic amines) is 1. The highest BCUT2D eigenvalue weighted by Gasteiger charge is 2.21. The van der Waals surface area contributed by atoms with Gasteiger partial charge >= 0.3 is 0 Å². The molecule has 0 aromatic rings. The summed E-state index contributed by atoms with van der Waals surface area (Å²) in [5.74, 6) is 0.835. The maximum absolute atomic E-state index is 9.75. The SMILES string of the molecule is COCC(O)CN1CCC(NCC2CC=CCC2)CC1. The largest absolute Gasteiger partial charge is 0.389 e. The summed E-state index contributed by atoms with van der Waals surface area (Å²) in [4.78, 5) is 2.35. The zero-order valence-electron chi connectivity index (χ0n) is 12.8. The van der Waals surface area contributed by atoms with Gasteiger partial charge in [0, 0.05) is 19.7 Å². The highest BCUT2D eigenvalue weighted by atomic mass is 16.5. The van der Waals surface area contributed by atoms with Crippen molar-refractivity contribution in [2.24, 2.45) is 5.92 Å². The molecule has 2 atom stereocenters. The zero-order chi connectivity index (χ0) is 14.2. The summed E-state index contributed by atoms with van der Waals surface area (Å²) in [5.41, 5.74) is 0. The third-order valence-corrected chi connectivity index (χ3v) is 4.49. The van der Waals surface area contributed by atoms with E-state index in [0.29, 0.717) is 12.6 Å². The fourth-order valence-corrected chi connectivity index (χ4v) is 3.24. The van der Waals surface area contributed by atoms with Crippen LogP contribution in [0.1, 0.15) is 32.1 Å². The van der Waals surface area contributed by atoms with E-state index in [1.165, 1.54) is 38.6 Å². The molecule has 0 aromatic carbocycles. The molecule has 4 heteroatoms. The fraction of sp³-hybridized carbons (Fsp3) is 0.875. The second kappa shape index (κ2) is 8.78. The lowest BCUT2D eigenvalue weighted by Gasteiger charge is -2.34. The number of methoxy groups -OCH3 is 1. The van der Waals surface area contributed by atoms with E-state index in [9.17, 15) is 5.11 Å².